The third kappa shape index (κ3) is 4.67. The highest BCUT2D eigenvalue weighted by Crippen LogP contribution is 2.08. The van der Waals surface area contributed by atoms with Gasteiger partial charge in [-0.25, -0.2) is 4.39 Å². The number of anilines is 1. The molecular formula is C14H14ClFN2O. The lowest BCUT2D eigenvalue weighted by Crippen LogP contribution is -3.00. The van der Waals surface area contributed by atoms with Crippen LogP contribution in [0.3, 0.4) is 0 Å². The van der Waals surface area contributed by atoms with Crippen molar-refractivity contribution in [2.45, 2.75) is 13.5 Å². The van der Waals surface area contributed by atoms with Crippen LogP contribution in [-0.4, -0.2) is 5.91 Å². The summed E-state index contributed by atoms with van der Waals surface area (Å²) >= 11 is 0. The SMILES string of the molecule is Cc1cc[n+](CC(=O)Nc2cccc(F)c2)cc1.[Cl-]. The van der Waals surface area contributed by atoms with E-state index < -0.39 is 0 Å². The number of nitrogens with zero attached hydrogens (tertiary/aromatic N) is 1. The normalized spacial score (nSPS) is 9.58. The summed E-state index contributed by atoms with van der Waals surface area (Å²) in [5.74, 6) is -0.551. The van der Waals surface area contributed by atoms with Crippen molar-refractivity contribution in [2.24, 2.45) is 0 Å². The molecule has 1 heterocycles. The predicted molar refractivity (Wildman–Crippen MR) is 66.4 cm³/mol. The van der Waals surface area contributed by atoms with Crippen molar-refractivity contribution in [3.05, 3.63) is 60.2 Å². The summed E-state index contributed by atoms with van der Waals surface area (Å²) in [4.78, 5) is 11.7. The van der Waals surface area contributed by atoms with E-state index in [1.54, 1.807) is 16.7 Å². The lowest BCUT2D eigenvalue weighted by atomic mass is 10.3. The second-order valence-corrected chi connectivity index (χ2v) is 4.11. The Balaban J connectivity index is 0.00000180. The monoisotopic (exact) mass is 280 g/mol. The smallest absolute Gasteiger partial charge is 0.290 e. The number of aromatic nitrogens is 1. The number of amides is 1. The van der Waals surface area contributed by atoms with Crippen LogP contribution >= 0.6 is 0 Å². The van der Waals surface area contributed by atoms with Gasteiger partial charge in [0.05, 0.1) is 0 Å². The molecule has 19 heavy (non-hydrogen) atoms. The molecule has 100 valence electrons. The number of nitrogens with one attached hydrogen (secondary N) is 1. The van der Waals surface area contributed by atoms with Crippen molar-refractivity contribution in [1.82, 2.24) is 0 Å². The molecule has 0 unspecified atom stereocenters. The summed E-state index contributed by atoms with van der Waals surface area (Å²) in [6, 6.07) is 9.69. The van der Waals surface area contributed by atoms with Crippen molar-refractivity contribution in [1.29, 1.82) is 0 Å². The van der Waals surface area contributed by atoms with Gasteiger partial charge in [-0.3, -0.25) is 4.79 Å². The minimum atomic E-state index is -0.365. The molecule has 3 nitrogen and oxygen atoms in total. The first-order valence-electron chi connectivity index (χ1n) is 5.64. The first kappa shape index (κ1) is 15.1. The van der Waals surface area contributed by atoms with Crippen molar-refractivity contribution in [3.8, 4) is 0 Å². The molecule has 2 aromatic rings. The van der Waals surface area contributed by atoms with Crippen LogP contribution in [0, 0.1) is 12.7 Å². The third-order valence-electron chi connectivity index (χ3n) is 2.49. The van der Waals surface area contributed by atoms with Gasteiger partial charge in [0.25, 0.3) is 5.91 Å². The summed E-state index contributed by atoms with van der Waals surface area (Å²) in [5.41, 5.74) is 1.60. The standard InChI is InChI=1S/C14H13FN2O.ClH/c1-11-5-7-17(8-6-11)10-14(18)16-13-4-2-3-12(15)9-13;/h2-9H,10H2,1H3;1H. The molecular weight excluding hydrogens is 267 g/mol. The fourth-order valence-corrected chi connectivity index (χ4v) is 1.57. The molecule has 0 radical (unpaired) electrons. The third-order valence-corrected chi connectivity index (χ3v) is 2.49. The van der Waals surface area contributed by atoms with Crippen LogP contribution < -0.4 is 22.3 Å². The maximum atomic E-state index is 12.9. The zero-order valence-corrected chi connectivity index (χ0v) is 11.2. The maximum absolute atomic E-state index is 12.9. The highest BCUT2D eigenvalue weighted by Gasteiger charge is 2.09. The molecule has 1 N–H and O–H groups in total. The van der Waals surface area contributed by atoms with Gasteiger partial charge in [-0.1, -0.05) is 6.07 Å². The Labute approximate surface area is 117 Å². The minimum absolute atomic E-state index is 0. The van der Waals surface area contributed by atoms with Crippen LogP contribution in [0.15, 0.2) is 48.8 Å². The molecule has 0 aliphatic carbocycles. The van der Waals surface area contributed by atoms with E-state index >= 15 is 0 Å². The quantitative estimate of drug-likeness (QED) is 0.724. The minimum Gasteiger partial charge on any atom is -1.00 e. The lowest BCUT2D eigenvalue weighted by Gasteiger charge is -2.02. The van der Waals surface area contributed by atoms with Gasteiger partial charge in [-0.05, 0) is 30.7 Å². The van der Waals surface area contributed by atoms with E-state index in [1.807, 2.05) is 31.5 Å². The van der Waals surface area contributed by atoms with E-state index in [9.17, 15) is 9.18 Å². The van der Waals surface area contributed by atoms with Gasteiger partial charge in [0.1, 0.15) is 5.82 Å². The Morgan fingerprint density at radius 2 is 1.95 bits per heavy atom. The molecule has 0 bridgehead atoms. The van der Waals surface area contributed by atoms with Gasteiger partial charge >= 0.3 is 0 Å². The fraction of sp³-hybridized carbons (Fsp3) is 0.143. The Kier molecular flexibility index (Phi) is 5.45. The maximum Gasteiger partial charge on any atom is 0.290 e. The lowest BCUT2D eigenvalue weighted by molar-refractivity contribution is -0.684. The number of aryl methyl sites for hydroxylation is 1. The number of hydrogen-bond acceptors (Lipinski definition) is 1. The molecule has 0 aliphatic rings. The van der Waals surface area contributed by atoms with Gasteiger partial charge in [0.2, 0.25) is 6.54 Å². The molecule has 0 atom stereocenters. The fourth-order valence-electron chi connectivity index (χ4n) is 1.57. The van der Waals surface area contributed by atoms with E-state index in [0.29, 0.717) is 5.69 Å². The Morgan fingerprint density at radius 1 is 1.26 bits per heavy atom. The summed E-state index contributed by atoms with van der Waals surface area (Å²) < 4.78 is 14.7. The number of rotatable bonds is 3. The van der Waals surface area contributed by atoms with E-state index in [1.165, 1.54) is 12.1 Å². The van der Waals surface area contributed by atoms with Crippen LogP contribution in [0.5, 0.6) is 0 Å². The molecule has 1 aromatic heterocycles. The number of carbonyl (C=O) groups excluding carboxylic acids is 1. The highest BCUT2D eigenvalue weighted by molar-refractivity contribution is 5.89. The molecule has 1 amide bonds. The largest absolute Gasteiger partial charge is 1.00 e. The first-order chi connectivity index (χ1) is 8.63. The van der Waals surface area contributed by atoms with Crippen molar-refractivity contribution >= 4 is 11.6 Å². The van der Waals surface area contributed by atoms with E-state index in [0.717, 1.165) is 5.56 Å². The van der Waals surface area contributed by atoms with E-state index in [-0.39, 0.29) is 30.7 Å². The summed E-state index contributed by atoms with van der Waals surface area (Å²) in [5, 5.41) is 2.65. The average Bonchev–Trinajstić information content (AvgIpc) is 2.32. The second-order valence-electron chi connectivity index (χ2n) is 4.11. The number of halogens is 2. The second kappa shape index (κ2) is 6.85. The van der Waals surface area contributed by atoms with Gasteiger partial charge in [0.15, 0.2) is 12.4 Å². The molecule has 5 heteroatoms. The molecule has 0 saturated heterocycles. The molecule has 2 rings (SSSR count). The Bertz CT molecular complexity index is 558. The summed E-state index contributed by atoms with van der Waals surface area (Å²) in [6.07, 6.45) is 3.67. The number of benzene rings is 1. The van der Waals surface area contributed by atoms with Crippen LogP contribution in [0.2, 0.25) is 0 Å². The van der Waals surface area contributed by atoms with E-state index in [4.69, 9.17) is 0 Å². The average molecular weight is 281 g/mol. The van der Waals surface area contributed by atoms with Gasteiger partial charge in [0, 0.05) is 17.8 Å². The van der Waals surface area contributed by atoms with Gasteiger partial charge < -0.3 is 17.7 Å². The molecule has 0 aliphatic heterocycles. The summed E-state index contributed by atoms with van der Waals surface area (Å²) in [6.45, 7) is 2.19. The van der Waals surface area contributed by atoms with Crippen LogP contribution in [0.25, 0.3) is 0 Å². The molecule has 0 saturated carbocycles. The first-order valence-corrected chi connectivity index (χ1v) is 5.64. The number of carbonyl (C=O) groups is 1. The van der Waals surface area contributed by atoms with Crippen molar-refractivity contribution < 1.29 is 26.2 Å². The van der Waals surface area contributed by atoms with Gasteiger partial charge in [-0.15, -0.1) is 0 Å². The number of hydrogen-bond donors (Lipinski definition) is 1. The van der Waals surface area contributed by atoms with Crippen LogP contribution in [0.1, 0.15) is 5.56 Å². The molecule has 0 fully saturated rings. The van der Waals surface area contributed by atoms with Crippen LogP contribution in [0.4, 0.5) is 10.1 Å². The van der Waals surface area contributed by atoms with Gasteiger partial charge in [-0.2, -0.15) is 4.57 Å². The molecule has 1 aromatic carbocycles. The number of pyridine rings is 1. The Hall–Kier alpha value is -1.94. The predicted octanol–water partition coefficient (Wildman–Crippen LogP) is -0.936. The van der Waals surface area contributed by atoms with Crippen LogP contribution in [-0.2, 0) is 11.3 Å². The topological polar surface area (TPSA) is 33.0 Å². The van der Waals surface area contributed by atoms with Crippen molar-refractivity contribution in [2.75, 3.05) is 5.32 Å². The summed E-state index contributed by atoms with van der Waals surface area (Å²) in [7, 11) is 0. The Morgan fingerprint density at radius 3 is 2.58 bits per heavy atom. The zero-order valence-electron chi connectivity index (χ0n) is 10.4. The zero-order chi connectivity index (χ0) is 13.0. The van der Waals surface area contributed by atoms with Crippen molar-refractivity contribution in [3.63, 3.8) is 0 Å². The molecule has 0 spiro atoms. The highest BCUT2D eigenvalue weighted by atomic mass is 35.5. The van der Waals surface area contributed by atoms with E-state index in [2.05, 4.69) is 5.32 Å².